The molecule has 0 aliphatic rings. The van der Waals surface area contributed by atoms with Crippen LogP contribution < -0.4 is 5.73 Å². The van der Waals surface area contributed by atoms with Crippen molar-refractivity contribution in [2.45, 2.75) is 0 Å². The smallest absolute Gasteiger partial charge is 0.220 e. The van der Waals surface area contributed by atoms with Crippen LogP contribution in [-0.4, -0.2) is 19.7 Å². The third-order valence-corrected chi connectivity index (χ3v) is 2.71. The van der Waals surface area contributed by atoms with Crippen LogP contribution in [0.1, 0.15) is 0 Å². The molecule has 0 unspecified atom stereocenters. The summed E-state index contributed by atoms with van der Waals surface area (Å²) in [6, 6.07) is 2.79. The van der Waals surface area contributed by atoms with E-state index in [1.165, 1.54) is 10.7 Å². The quantitative estimate of drug-likeness (QED) is 0.726. The van der Waals surface area contributed by atoms with Gasteiger partial charge in [-0.3, -0.25) is 4.68 Å². The molecule has 7 heteroatoms. The second-order valence-electron chi connectivity index (χ2n) is 4.12. The lowest BCUT2D eigenvalue weighted by Gasteiger charge is -2.03. The molecule has 96 valence electrons. The van der Waals surface area contributed by atoms with Gasteiger partial charge in [0.05, 0.1) is 6.20 Å². The summed E-state index contributed by atoms with van der Waals surface area (Å²) in [6.07, 6.45) is 2.60. The number of hydrogen-bond donors (Lipinski definition) is 1. The molecule has 3 aromatic rings. The minimum atomic E-state index is -0.656. The van der Waals surface area contributed by atoms with Gasteiger partial charge in [-0.15, -0.1) is 0 Å². The summed E-state index contributed by atoms with van der Waals surface area (Å²) in [5.41, 5.74) is 5.92. The lowest BCUT2D eigenvalue weighted by molar-refractivity contribution is 0.617. The highest BCUT2D eigenvalue weighted by atomic mass is 19.1. The van der Waals surface area contributed by atoms with E-state index in [0.29, 0.717) is 10.9 Å². The van der Waals surface area contributed by atoms with Gasteiger partial charge in [-0.2, -0.15) is 5.10 Å². The summed E-state index contributed by atoms with van der Waals surface area (Å²) in [4.78, 5) is 7.33. The van der Waals surface area contributed by atoms with Crippen molar-refractivity contribution in [2.24, 2.45) is 7.05 Å². The van der Waals surface area contributed by atoms with Crippen LogP contribution in [0.15, 0.2) is 24.5 Å². The molecule has 2 N–H and O–H groups in total. The van der Waals surface area contributed by atoms with Gasteiger partial charge in [-0.25, -0.2) is 18.7 Å². The maximum atomic E-state index is 13.9. The molecule has 0 spiro atoms. The van der Waals surface area contributed by atoms with Crippen molar-refractivity contribution in [3.8, 4) is 11.3 Å². The predicted molar refractivity (Wildman–Crippen MR) is 66.1 cm³/mol. The van der Waals surface area contributed by atoms with Crippen molar-refractivity contribution >= 4 is 16.9 Å². The topological polar surface area (TPSA) is 69.6 Å². The van der Waals surface area contributed by atoms with Crippen LogP contribution >= 0.6 is 0 Å². The molecular formula is C12H9F2N5. The van der Waals surface area contributed by atoms with Gasteiger partial charge in [0.15, 0.2) is 11.6 Å². The Morgan fingerprint density at radius 1 is 1.21 bits per heavy atom. The Labute approximate surface area is 106 Å². The van der Waals surface area contributed by atoms with Gasteiger partial charge in [0, 0.05) is 24.2 Å². The molecule has 2 heterocycles. The molecule has 5 nitrogen and oxygen atoms in total. The number of hydrogen-bond acceptors (Lipinski definition) is 4. The third-order valence-electron chi connectivity index (χ3n) is 2.71. The van der Waals surface area contributed by atoms with Crippen LogP contribution in [0.4, 0.5) is 14.7 Å². The van der Waals surface area contributed by atoms with Crippen molar-refractivity contribution in [1.29, 1.82) is 0 Å². The highest BCUT2D eigenvalue weighted by molar-refractivity contribution is 5.84. The number of nitrogen functional groups attached to an aromatic ring is 1. The molecule has 0 amide bonds. The summed E-state index contributed by atoms with van der Waals surface area (Å²) < 4.78 is 29.1. The number of nitrogens with two attached hydrogens (primary N) is 1. The number of nitrogens with zero attached hydrogens (tertiary/aromatic N) is 4. The van der Waals surface area contributed by atoms with E-state index in [1.54, 1.807) is 19.3 Å². The molecule has 2 aromatic heterocycles. The molecule has 19 heavy (non-hydrogen) atoms. The van der Waals surface area contributed by atoms with Gasteiger partial charge < -0.3 is 5.73 Å². The fraction of sp³-hybridized carbons (Fsp3) is 0.0833. The van der Waals surface area contributed by atoms with Crippen molar-refractivity contribution < 1.29 is 8.78 Å². The van der Waals surface area contributed by atoms with Gasteiger partial charge in [-0.05, 0) is 12.1 Å². The van der Waals surface area contributed by atoms with E-state index >= 15 is 0 Å². The lowest BCUT2D eigenvalue weighted by atomic mass is 10.1. The number of halogens is 2. The van der Waals surface area contributed by atoms with E-state index in [9.17, 15) is 8.78 Å². The first-order valence-electron chi connectivity index (χ1n) is 5.46. The number of benzene rings is 1. The van der Waals surface area contributed by atoms with Gasteiger partial charge >= 0.3 is 0 Å². The highest BCUT2D eigenvalue weighted by Gasteiger charge is 2.13. The Morgan fingerprint density at radius 2 is 2.00 bits per heavy atom. The lowest BCUT2D eigenvalue weighted by Crippen LogP contribution is -1.99. The zero-order chi connectivity index (χ0) is 13.6. The molecule has 3 rings (SSSR count). The first-order valence-corrected chi connectivity index (χ1v) is 5.46. The van der Waals surface area contributed by atoms with E-state index in [4.69, 9.17) is 5.73 Å². The van der Waals surface area contributed by atoms with Gasteiger partial charge in [0.1, 0.15) is 11.2 Å². The van der Waals surface area contributed by atoms with Gasteiger partial charge in [-0.1, -0.05) is 0 Å². The summed E-state index contributed by atoms with van der Waals surface area (Å²) in [5, 5.41) is 4.54. The van der Waals surface area contributed by atoms with E-state index in [1.807, 2.05) is 0 Å². The first-order chi connectivity index (χ1) is 9.04. The molecule has 0 atom stereocenters. The van der Waals surface area contributed by atoms with Crippen LogP contribution in [0, 0.1) is 11.6 Å². The Balaban J connectivity index is 2.27. The standard InChI is InChI=1S/C12H9F2N5/c1-19-5-7-2-6(3-8(13)11(7)18-19)10-9(14)4-16-12(15)17-10/h2-5H,1H3,(H2,15,16,17). The van der Waals surface area contributed by atoms with E-state index in [-0.39, 0.29) is 17.2 Å². The fourth-order valence-corrected chi connectivity index (χ4v) is 1.93. The Kier molecular flexibility index (Phi) is 2.41. The van der Waals surface area contributed by atoms with Crippen LogP contribution in [0.25, 0.3) is 22.2 Å². The number of rotatable bonds is 1. The molecule has 0 bridgehead atoms. The number of aryl methyl sites for hydroxylation is 1. The first kappa shape index (κ1) is 11.5. The van der Waals surface area contributed by atoms with Crippen LogP contribution in [0.2, 0.25) is 0 Å². The van der Waals surface area contributed by atoms with Gasteiger partial charge in [0.2, 0.25) is 5.95 Å². The number of aromatic nitrogens is 4. The average Bonchev–Trinajstić information content (AvgIpc) is 2.73. The van der Waals surface area contributed by atoms with E-state index in [0.717, 1.165) is 6.20 Å². The molecule has 0 aliphatic carbocycles. The van der Waals surface area contributed by atoms with Crippen molar-refractivity contribution in [3.63, 3.8) is 0 Å². The predicted octanol–water partition coefficient (Wildman–Crippen LogP) is 1.89. The number of fused-ring (bicyclic) bond motifs is 1. The minimum absolute atomic E-state index is 0.0304. The van der Waals surface area contributed by atoms with Crippen molar-refractivity contribution in [1.82, 2.24) is 19.7 Å². The Bertz CT molecular complexity index is 781. The molecule has 0 saturated carbocycles. The molecule has 0 aliphatic heterocycles. The molecule has 0 saturated heterocycles. The van der Waals surface area contributed by atoms with E-state index < -0.39 is 11.6 Å². The SMILES string of the molecule is Cn1cc2cc(-c3nc(N)ncc3F)cc(F)c2n1. The summed E-state index contributed by atoms with van der Waals surface area (Å²) in [5.74, 6) is -1.26. The molecule has 0 fully saturated rings. The molecule has 0 radical (unpaired) electrons. The zero-order valence-electron chi connectivity index (χ0n) is 9.93. The second-order valence-corrected chi connectivity index (χ2v) is 4.12. The Hall–Kier alpha value is -2.57. The van der Waals surface area contributed by atoms with Crippen LogP contribution in [-0.2, 0) is 7.05 Å². The van der Waals surface area contributed by atoms with E-state index in [2.05, 4.69) is 15.1 Å². The highest BCUT2D eigenvalue weighted by Crippen LogP contribution is 2.26. The average molecular weight is 261 g/mol. The van der Waals surface area contributed by atoms with Gasteiger partial charge in [0.25, 0.3) is 0 Å². The minimum Gasteiger partial charge on any atom is -0.368 e. The largest absolute Gasteiger partial charge is 0.368 e. The maximum Gasteiger partial charge on any atom is 0.220 e. The maximum absolute atomic E-state index is 13.9. The zero-order valence-corrected chi connectivity index (χ0v) is 9.93. The molecule has 1 aromatic carbocycles. The van der Waals surface area contributed by atoms with Crippen molar-refractivity contribution in [3.05, 3.63) is 36.2 Å². The summed E-state index contributed by atoms with van der Waals surface area (Å²) in [7, 11) is 1.68. The third kappa shape index (κ3) is 1.88. The van der Waals surface area contributed by atoms with Crippen LogP contribution in [0.5, 0.6) is 0 Å². The fourth-order valence-electron chi connectivity index (χ4n) is 1.93. The van der Waals surface area contributed by atoms with Crippen LogP contribution in [0.3, 0.4) is 0 Å². The Morgan fingerprint density at radius 3 is 2.79 bits per heavy atom. The monoisotopic (exact) mass is 261 g/mol. The summed E-state index contributed by atoms with van der Waals surface area (Å²) >= 11 is 0. The summed E-state index contributed by atoms with van der Waals surface area (Å²) in [6.45, 7) is 0. The normalized spacial score (nSPS) is 11.1. The molecular weight excluding hydrogens is 252 g/mol. The van der Waals surface area contributed by atoms with Crippen molar-refractivity contribution in [2.75, 3.05) is 5.73 Å². The number of anilines is 1. The second kappa shape index (κ2) is 3.98.